The van der Waals surface area contributed by atoms with Gasteiger partial charge in [-0.25, -0.2) is 8.42 Å². The minimum absolute atomic E-state index is 0.00973. The van der Waals surface area contributed by atoms with Gasteiger partial charge in [-0.15, -0.1) is 0 Å². The molecule has 1 aromatic rings. The zero-order chi connectivity index (χ0) is 23.8. The third kappa shape index (κ3) is 7.28. The zero-order valence-electron chi connectivity index (χ0n) is 19.2. The summed E-state index contributed by atoms with van der Waals surface area (Å²) < 4.78 is 34.5. The van der Waals surface area contributed by atoms with E-state index in [1.165, 1.54) is 0 Å². The lowest BCUT2D eigenvalue weighted by Gasteiger charge is -2.38. The van der Waals surface area contributed by atoms with Gasteiger partial charge in [0.1, 0.15) is 5.75 Å². The van der Waals surface area contributed by atoms with Crippen LogP contribution in [0, 0.1) is 0 Å². The molecule has 33 heavy (non-hydrogen) atoms. The summed E-state index contributed by atoms with van der Waals surface area (Å²) in [4.78, 5) is 39.1. The molecule has 1 aliphatic carbocycles. The molecule has 1 atom stereocenters. The summed E-state index contributed by atoms with van der Waals surface area (Å²) in [6.07, 6.45) is 5.07. The highest BCUT2D eigenvalue weighted by Crippen LogP contribution is 2.28. The molecule has 182 valence electrons. The summed E-state index contributed by atoms with van der Waals surface area (Å²) in [5, 5.41) is 0. The predicted octanol–water partition coefficient (Wildman–Crippen LogP) is 2.94. The molecule has 8 nitrogen and oxygen atoms in total. The van der Waals surface area contributed by atoms with Crippen molar-refractivity contribution in [1.82, 2.24) is 4.90 Å². The highest BCUT2D eigenvalue weighted by molar-refractivity contribution is 7.91. The molecule has 2 aliphatic rings. The normalized spacial score (nSPS) is 20.2. The molecule has 1 saturated heterocycles. The number of hydrogen-bond donors (Lipinski definition) is 0. The van der Waals surface area contributed by atoms with Crippen LogP contribution in [0.3, 0.4) is 0 Å². The lowest BCUT2D eigenvalue weighted by atomic mass is 9.93. The lowest BCUT2D eigenvalue weighted by molar-refractivity contribution is -0.154. The van der Waals surface area contributed by atoms with Gasteiger partial charge in [-0.3, -0.25) is 14.4 Å². The zero-order valence-corrected chi connectivity index (χ0v) is 20.0. The van der Waals surface area contributed by atoms with Gasteiger partial charge < -0.3 is 14.4 Å². The number of Topliss-reactive ketones (excluding diaryl/α,β-unsaturated/α-hetero) is 1. The van der Waals surface area contributed by atoms with Crippen LogP contribution in [-0.4, -0.2) is 67.8 Å². The van der Waals surface area contributed by atoms with Crippen molar-refractivity contribution in [2.24, 2.45) is 0 Å². The van der Waals surface area contributed by atoms with Crippen LogP contribution in [0.2, 0.25) is 0 Å². The van der Waals surface area contributed by atoms with Crippen molar-refractivity contribution in [3.05, 3.63) is 29.8 Å². The van der Waals surface area contributed by atoms with Crippen LogP contribution in [0.25, 0.3) is 0 Å². The largest absolute Gasteiger partial charge is 0.494 e. The number of nitrogens with zero attached hydrogens (tertiary/aromatic N) is 1. The molecule has 0 aromatic heterocycles. The van der Waals surface area contributed by atoms with Crippen LogP contribution in [0.4, 0.5) is 0 Å². The number of amides is 1. The van der Waals surface area contributed by atoms with Crippen molar-refractivity contribution in [2.75, 3.05) is 24.7 Å². The maximum absolute atomic E-state index is 13.0. The molecule has 1 unspecified atom stereocenters. The first-order valence-corrected chi connectivity index (χ1v) is 13.5. The summed E-state index contributed by atoms with van der Waals surface area (Å²) in [6.45, 7) is 1.98. The molecule has 0 bridgehead atoms. The van der Waals surface area contributed by atoms with Gasteiger partial charge in [0.2, 0.25) is 0 Å². The second-order valence-corrected chi connectivity index (χ2v) is 10.9. The van der Waals surface area contributed by atoms with Gasteiger partial charge in [-0.1, -0.05) is 19.3 Å². The fourth-order valence-electron chi connectivity index (χ4n) is 4.61. The predicted molar refractivity (Wildman–Crippen MR) is 123 cm³/mol. The fraction of sp³-hybridized carbons (Fsp3) is 0.625. The van der Waals surface area contributed by atoms with Gasteiger partial charge in [0.05, 0.1) is 24.5 Å². The third-order valence-electron chi connectivity index (χ3n) is 6.26. The topological polar surface area (TPSA) is 107 Å². The van der Waals surface area contributed by atoms with E-state index in [0.717, 1.165) is 32.1 Å². The molecule has 3 rings (SSSR count). The summed E-state index contributed by atoms with van der Waals surface area (Å²) in [5.74, 6) is -0.437. The van der Waals surface area contributed by atoms with E-state index in [1.807, 2.05) is 6.92 Å². The lowest BCUT2D eigenvalue weighted by Crippen LogP contribution is -2.50. The first-order chi connectivity index (χ1) is 15.8. The second kappa shape index (κ2) is 11.6. The summed E-state index contributed by atoms with van der Waals surface area (Å²) in [5.41, 5.74) is 0.480. The second-order valence-electron chi connectivity index (χ2n) is 8.69. The van der Waals surface area contributed by atoms with Gasteiger partial charge in [0.15, 0.2) is 22.2 Å². The Balaban J connectivity index is 1.50. The Morgan fingerprint density at radius 3 is 2.27 bits per heavy atom. The van der Waals surface area contributed by atoms with E-state index in [1.54, 1.807) is 29.2 Å². The molecular formula is C24H33NO7S. The number of hydrogen-bond acceptors (Lipinski definition) is 7. The van der Waals surface area contributed by atoms with E-state index in [-0.39, 0.29) is 48.1 Å². The van der Waals surface area contributed by atoms with E-state index in [9.17, 15) is 22.8 Å². The summed E-state index contributed by atoms with van der Waals surface area (Å²) >= 11 is 0. The number of carbonyl (C=O) groups is 3. The Morgan fingerprint density at radius 2 is 1.67 bits per heavy atom. The number of ether oxygens (including phenoxy) is 2. The monoisotopic (exact) mass is 479 g/mol. The van der Waals surface area contributed by atoms with Crippen molar-refractivity contribution in [3.8, 4) is 5.75 Å². The molecule has 1 heterocycles. The van der Waals surface area contributed by atoms with Crippen LogP contribution < -0.4 is 4.74 Å². The van der Waals surface area contributed by atoms with Crippen molar-refractivity contribution in [3.63, 3.8) is 0 Å². The number of ketones is 1. The van der Waals surface area contributed by atoms with Crippen molar-refractivity contribution >= 4 is 27.5 Å². The molecule has 0 radical (unpaired) electrons. The Labute approximate surface area is 195 Å². The molecule has 0 spiro atoms. The fourth-order valence-corrected chi connectivity index (χ4v) is 6.32. The van der Waals surface area contributed by atoms with Gasteiger partial charge in [0.25, 0.3) is 5.91 Å². The molecule has 0 N–H and O–H groups in total. The summed E-state index contributed by atoms with van der Waals surface area (Å²) in [6, 6.07) is 6.35. The van der Waals surface area contributed by atoms with Crippen LogP contribution in [0.1, 0.15) is 68.6 Å². The maximum atomic E-state index is 13.0. The average Bonchev–Trinajstić information content (AvgIpc) is 3.16. The molecule has 9 heteroatoms. The van der Waals surface area contributed by atoms with Gasteiger partial charge in [0, 0.05) is 24.1 Å². The van der Waals surface area contributed by atoms with E-state index in [4.69, 9.17) is 9.47 Å². The number of rotatable bonds is 10. The highest BCUT2D eigenvalue weighted by Gasteiger charge is 2.38. The molecule has 2 fully saturated rings. The molecule has 1 aromatic carbocycles. The van der Waals surface area contributed by atoms with Crippen LogP contribution in [0.15, 0.2) is 24.3 Å². The first-order valence-electron chi connectivity index (χ1n) is 11.7. The minimum Gasteiger partial charge on any atom is -0.494 e. The van der Waals surface area contributed by atoms with Crippen molar-refractivity contribution < 1.29 is 32.3 Å². The van der Waals surface area contributed by atoms with Gasteiger partial charge in [-0.2, -0.15) is 0 Å². The van der Waals surface area contributed by atoms with Crippen molar-refractivity contribution in [2.45, 2.75) is 70.4 Å². The van der Waals surface area contributed by atoms with Gasteiger partial charge >= 0.3 is 5.97 Å². The average molecular weight is 480 g/mol. The number of carbonyl (C=O) groups excluding carboxylic acids is 3. The van der Waals surface area contributed by atoms with Crippen LogP contribution in [0.5, 0.6) is 5.75 Å². The Kier molecular flexibility index (Phi) is 8.88. The maximum Gasteiger partial charge on any atom is 0.306 e. The standard InChI is InChI=1S/C24H33NO7S/c1-2-31-21-10-8-18(9-11-21)22(26)12-13-24(28)32-16-23(27)25(19-6-4-3-5-7-19)20-14-15-33(29,30)17-20/h8-11,19-20H,2-7,12-17H2,1H3. The quantitative estimate of drug-likeness (QED) is 0.375. The summed E-state index contributed by atoms with van der Waals surface area (Å²) in [7, 11) is -3.14. The smallest absolute Gasteiger partial charge is 0.306 e. The van der Waals surface area contributed by atoms with Gasteiger partial charge in [-0.05, 0) is 50.5 Å². The van der Waals surface area contributed by atoms with E-state index >= 15 is 0 Å². The number of esters is 1. The van der Waals surface area contributed by atoms with E-state index in [2.05, 4.69) is 0 Å². The molecule has 1 amide bonds. The Morgan fingerprint density at radius 1 is 0.970 bits per heavy atom. The number of benzene rings is 1. The van der Waals surface area contributed by atoms with Crippen LogP contribution >= 0.6 is 0 Å². The molecular weight excluding hydrogens is 446 g/mol. The van der Waals surface area contributed by atoms with E-state index < -0.39 is 22.4 Å². The first kappa shape index (κ1) is 25.2. The molecule has 1 saturated carbocycles. The highest BCUT2D eigenvalue weighted by atomic mass is 32.2. The minimum atomic E-state index is -3.14. The Hall–Kier alpha value is -2.42. The molecule has 1 aliphatic heterocycles. The third-order valence-corrected chi connectivity index (χ3v) is 8.01. The Bertz CT molecular complexity index is 936. The van der Waals surface area contributed by atoms with Crippen molar-refractivity contribution in [1.29, 1.82) is 0 Å². The number of sulfone groups is 1. The van der Waals surface area contributed by atoms with E-state index in [0.29, 0.717) is 24.3 Å². The van der Waals surface area contributed by atoms with Crippen LogP contribution in [-0.2, 0) is 24.2 Å². The SMILES string of the molecule is CCOc1ccc(C(=O)CCC(=O)OCC(=O)N(C2CCCCC2)C2CCS(=O)(=O)C2)cc1.